The zero-order valence-electron chi connectivity index (χ0n) is 17.1. The summed E-state index contributed by atoms with van der Waals surface area (Å²) in [5, 5.41) is 15.1. The third kappa shape index (κ3) is 4.44. The van der Waals surface area contributed by atoms with Crippen molar-refractivity contribution in [3.05, 3.63) is 76.0 Å². The van der Waals surface area contributed by atoms with Gasteiger partial charge in [-0.2, -0.15) is 0 Å². The highest BCUT2D eigenvalue weighted by Crippen LogP contribution is 2.47. The normalized spacial score (nSPS) is 24.3. The first-order chi connectivity index (χ1) is 13.6. The van der Waals surface area contributed by atoms with Crippen molar-refractivity contribution in [3.63, 3.8) is 0 Å². The standard InChI is InChI=1S/C24H26ClNO3/c1-14-5-11-19(12-6-14)26-20-13-24(4,29)23(16(3)28)22(21(20)15(2)27)17-7-9-18(25)10-8-17/h5-12,22-23,26,29H,13H2,1-4H3/t22-,23-,24-/m0/s1. The van der Waals surface area contributed by atoms with Crippen LogP contribution in [0.15, 0.2) is 59.8 Å². The van der Waals surface area contributed by atoms with Crippen molar-refractivity contribution in [1.82, 2.24) is 0 Å². The number of ketones is 2. The minimum absolute atomic E-state index is 0.124. The Balaban J connectivity index is 2.19. The lowest BCUT2D eigenvalue weighted by atomic mass is 9.64. The first-order valence-corrected chi connectivity index (χ1v) is 10.0. The van der Waals surface area contributed by atoms with Crippen molar-refractivity contribution in [2.45, 2.75) is 45.6 Å². The molecule has 2 aromatic carbocycles. The first-order valence-electron chi connectivity index (χ1n) is 9.66. The SMILES string of the molecule is CC(=O)C1=C(Nc2ccc(C)cc2)C[C@](C)(O)[C@@H](C(C)=O)[C@H]1c1ccc(Cl)cc1. The molecule has 0 heterocycles. The second-order valence-electron chi connectivity index (χ2n) is 8.09. The van der Waals surface area contributed by atoms with Crippen molar-refractivity contribution in [2.75, 3.05) is 5.32 Å². The van der Waals surface area contributed by atoms with Crippen LogP contribution < -0.4 is 5.32 Å². The summed E-state index contributed by atoms with van der Waals surface area (Å²) in [6, 6.07) is 14.9. The molecule has 2 N–H and O–H groups in total. The van der Waals surface area contributed by atoms with Crippen molar-refractivity contribution in [1.29, 1.82) is 0 Å². The highest BCUT2D eigenvalue weighted by atomic mass is 35.5. The molecule has 0 spiro atoms. The molecule has 3 atom stereocenters. The number of hydrogen-bond donors (Lipinski definition) is 2. The molecule has 0 radical (unpaired) electrons. The topological polar surface area (TPSA) is 66.4 Å². The highest BCUT2D eigenvalue weighted by molar-refractivity contribution is 6.30. The summed E-state index contributed by atoms with van der Waals surface area (Å²) in [4.78, 5) is 25.4. The van der Waals surface area contributed by atoms with Gasteiger partial charge in [0.05, 0.1) is 11.5 Å². The van der Waals surface area contributed by atoms with Gasteiger partial charge >= 0.3 is 0 Å². The maximum absolute atomic E-state index is 12.8. The first kappa shape index (κ1) is 21.3. The van der Waals surface area contributed by atoms with Gasteiger partial charge < -0.3 is 10.4 Å². The molecule has 4 nitrogen and oxygen atoms in total. The van der Waals surface area contributed by atoms with Crippen LogP contribution in [-0.2, 0) is 9.59 Å². The predicted molar refractivity (Wildman–Crippen MR) is 116 cm³/mol. The molecule has 0 amide bonds. The van der Waals surface area contributed by atoms with Crippen molar-refractivity contribution in [3.8, 4) is 0 Å². The van der Waals surface area contributed by atoms with Gasteiger partial charge in [0.15, 0.2) is 5.78 Å². The Morgan fingerprint density at radius 3 is 2.17 bits per heavy atom. The van der Waals surface area contributed by atoms with Crippen LogP contribution in [0.3, 0.4) is 0 Å². The molecule has 29 heavy (non-hydrogen) atoms. The van der Waals surface area contributed by atoms with Crippen LogP contribution in [0.5, 0.6) is 0 Å². The number of nitrogens with one attached hydrogen (secondary N) is 1. The lowest BCUT2D eigenvalue weighted by Gasteiger charge is -2.43. The molecular formula is C24H26ClNO3. The number of halogens is 1. The van der Waals surface area contributed by atoms with Crippen LogP contribution in [0, 0.1) is 12.8 Å². The summed E-state index contributed by atoms with van der Waals surface area (Å²) in [5.74, 6) is -1.56. The molecule has 2 aromatic rings. The number of hydrogen-bond acceptors (Lipinski definition) is 4. The molecule has 0 fully saturated rings. The van der Waals surface area contributed by atoms with Crippen LogP contribution >= 0.6 is 11.6 Å². The Bertz CT molecular complexity index is 959. The molecule has 1 aliphatic rings. The van der Waals surface area contributed by atoms with E-state index in [1.807, 2.05) is 43.3 Å². The number of carbonyl (C=O) groups is 2. The summed E-state index contributed by atoms with van der Waals surface area (Å²) in [7, 11) is 0. The maximum atomic E-state index is 12.8. The van der Waals surface area contributed by atoms with Crippen LogP contribution in [0.1, 0.15) is 44.2 Å². The fourth-order valence-corrected chi connectivity index (χ4v) is 4.46. The fourth-order valence-electron chi connectivity index (χ4n) is 4.33. The molecule has 152 valence electrons. The van der Waals surface area contributed by atoms with E-state index in [1.54, 1.807) is 19.1 Å². The Hall–Kier alpha value is -2.43. The Kier molecular flexibility index (Phi) is 5.97. The number of aryl methyl sites for hydroxylation is 1. The summed E-state index contributed by atoms with van der Waals surface area (Å²) in [5.41, 5.74) is 2.60. The Morgan fingerprint density at radius 1 is 1.07 bits per heavy atom. The van der Waals surface area contributed by atoms with E-state index in [9.17, 15) is 14.7 Å². The average molecular weight is 412 g/mol. The van der Waals surface area contributed by atoms with E-state index in [2.05, 4.69) is 5.32 Å². The monoisotopic (exact) mass is 411 g/mol. The van der Waals surface area contributed by atoms with Gasteiger partial charge in [0.25, 0.3) is 0 Å². The van der Waals surface area contributed by atoms with Gasteiger partial charge in [0.1, 0.15) is 5.78 Å². The Labute approximate surface area is 176 Å². The lowest BCUT2D eigenvalue weighted by molar-refractivity contribution is -0.131. The number of allylic oxidation sites excluding steroid dienone is 1. The van der Waals surface area contributed by atoms with Gasteiger partial charge in [0, 0.05) is 34.3 Å². The smallest absolute Gasteiger partial charge is 0.158 e. The lowest BCUT2D eigenvalue weighted by Crippen LogP contribution is -2.48. The number of anilines is 1. The van der Waals surface area contributed by atoms with Gasteiger partial charge in [0.2, 0.25) is 0 Å². The minimum Gasteiger partial charge on any atom is -0.389 e. The van der Waals surface area contributed by atoms with Gasteiger partial charge in [-0.3, -0.25) is 9.59 Å². The summed E-state index contributed by atoms with van der Waals surface area (Å²) < 4.78 is 0. The maximum Gasteiger partial charge on any atom is 0.158 e. The minimum atomic E-state index is -1.30. The largest absolute Gasteiger partial charge is 0.389 e. The summed E-state index contributed by atoms with van der Waals surface area (Å²) in [6.07, 6.45) is 0.185. The molecule has 0 saturated carbocycles. The zero-order valence-corrected chi connectivity index (χ0v) is 17.9. The summed E-state index contributed by atoms with van der Waals surface area (Å²) in [6.45, 7) is 6.64. The molecule has 0 aromatic heterocycles. The number of rotatable bonds is 5. The second kappa shape index (κ2) is 8.13. The van der Waals surface area contributed by atoms with Gasteiger partial charge in [-0.25, -0.2) is 0 Å². The van der Waals surface area contributed by atoms with Gasteiger partial charge in [-0.05, 0) is 57.5 Å². The molecule has 1 aliphatic carbocycles. The number of Topliss-reactive ketones (excluding diaryl/α,β-unsaturated/α-hetero) is 2. The molecule has 0 aliphatic heterocycles. The summed E-state index contributed by atoms with van der Waals surface area (Å²) >= 11 is 6.05. The quantitative estimate of drug-likeness (QED) is 0.722. The van der Waals surface area contributed by atoms with E-state index in [0.717, 1.165) is 16.8 Å². The van der Waals surface area contributed by atoms with Crippen LogP contribution in [-0.4, -0.2) is 22.3 Å². The zero-order chi connectivity index (χ0) is 21.3. The van der Waals surface area contributed by atoms with E-state index in [-0.39, 0.29) is 18.0 Å². The van der Waals surface area contributed by atoms with E-state index in [4.69, 9.17) is 11.6 Å². The van der Waals surface area contributed by atoms with E-state index < -0.39 is 17.4 Å². The van der Waals surface area contributed by atoms with E-state index in [1.165, 1.54) is 13.8 Å². The number of aliphatic hydroxyl groups is 1. The third-order valence-corrected chi connectivity index (χ3v) is 5.82. The number of benzene rings is 2. The molecule has 0 bridgehead atoms. The molecule has 5 heteroatoms. The molecular weight excluding hydrogens is 386 g/mol. The highest BCUT2D eigenvalue weighted by Gasteiger charge is 2.49. The average Bonchev–Trinajstić information content (AvgIpc) is 2.62. The van der Waals surface area contributed by atoms with Crippen LogP contribution in [0.25, 0.3) is 0 Å². The van der Waals surface area contributed by atoms with Crippen molar-refractivity contribution in [2.24, 2.45) is 5.92 Å². The van der Waals surface area contributed by atoms with Crippen molar-refractivity contribution >= 4 is 28.9 Å². The molecule has 0 saturated heterocycles. The second-order valence-corrected chi connectivity index (χ2v) is 8.53. The van der Waals surface area contributed by atoms with Crippen molar-refractivity contribution < 1.29 is 14.7 Å². The Morgan fingerprint density at radius 2 is 1.66 bits per heavy atom. The molecule has 0 unspecified atom stereocenters. The van der Waals surface area contributed by atoms with Gasteiger partial charge in [-0.15, -0.1) is 0 Å². The van der Waals surface area contributed by atoms with E-state index >= 15 is 0 Å². The van der Waals surface area contributed by atoms with Crippen LogP contribution in [0.4, 0.5) is 5.69 Å². The predicted octanol–water partition coefficient (Wildman–Crippen LogP) is 5.05. The fraction of sp³-hybridized carbons (Fsp3) is 0.333. The van der Waals surface area contributed by atoms with E-state index in [0.29, 0.717) is 16.3 Å². The molecule has 3 rings (SSSR count). The van der Waals surface area contributed by atoms with Crippen LogP contribution in [0.2, 0.25) is 5.02 Å². The number of carbonyl (C=O) groups excluding carboxylic acids is 2. The third-order valence-electron chi connectivity index (χ3n) is 5.57. The van der Waals surface area contributed by atoms with Gasteiger partial charge in [-0.1, -0.05) is 41.4 Å².